The van der Waals surface area contributed by atoms with Crippen molar-refractivity contribution in [1.82, 2.24) is 15.0 Å². The molecule has 0 bridgehead atoms. The van der Waals surface area contributed by atoms with Gasteiger partial charge in [-0.1, -0.05) is 25.4 Å². The lowest BCUT2D eigenvalue weighted by molar-refractivity contribution is 0.0732. The highest BCUT2D eigenvalue weighted by molar-refractivity contribution is 5.91. The first-order chi connectivity index (χ1) is 12.5. The van der Waals surface area contributed by atoms with Gasteiger partial charge in [0.15, 0.2) is 11.5 Å². The zero-order chi connectivity index (χ0) is 18.7. The Morgan fingerprint density at radius 3 is 2.62 bits per heavy atom. The normalized spacial score (nSPS) is 16.8. The molecule has 0 spiro atoms. The molecule has 1 aliphatic heterocycles. The number of aromatic nitrogens is 1. The zero-order valence-electron chi connectivity index (χ0n) is 16.2. The van der Waals surface area contributed by atoms with E-state index in [1.165, 1.54) is 19.3 Å². The number of carbonyl (C=O) groups is 1. The standard InChI is InChI=1S/C20H29N3O3/c1-14(2)17-12-16(26-21-17)13-22(4)20(24)19-9-8-18(25-19)15(3)23-10-6-5-7-11-23/h8-9,12,14-15H,5-7,10-11,13H2,1-4H3. The first kappa shape index (κ1) is 18.7. The fraction of sp³-hybridized carbons (Fsp3) is 0.600. The van der Waals surface area contributed by atoms with Gasteiger partial charge in [-0.15, -0.1) is 0 Å². The Morgan fingerprint density at radius 2 is 1.96 bits per heavy atom. The van der Waals surface area contributed by atoms with Gasteiger partial charge in [0.2, 0.25) is 0 Å². The van der Waals surface area contributed by atoms with E-state index in [-0.39, 0.29) is 11.9 Å². The van der Waals surface area contributed by atoms with Gasteiger partial charge in [-0.25, -0.2) is 0 Å². The monoisotopic (exact) mass is 359 g/mol. The van der Waals surface area contributed by atoms with Crippen LogP contribution in [0, 0.1) is 0 Å². The SMILES string of the molecule is CC(C)c1cc(CN(C)C(=O)c2ccc(C(C)N3CCCCC3)o2)on1. The van der Waals surface area contributed by atoms with Crippen molar-refractivity contribution in [2.45, 2.75) is 58.5 Å². The van der Waals surface area contributed by atoms with E-state index in [2.05, 4.69) is 30.8 Å². The summed E-state index contributed by atoms with van der Waals surface area (Å²) >= 11 is 0. The fourth-order valence-electron chi connectivity index (χ4n) is 3.35. The maximum atomic E-state index is 12.7. The van der Waals surface area contributed by atoms with Crippen molar-refractivity contribution in [2.75, 3.05) is 20.1 Å². The molecule has 1 atom stereocenters. The van der Waals surface area contributed by atoms with Crippen LogP contribution in [0.3, 0.4) is 0 Å². The van der Waals surface area contributed by atoms with Crippen molar-refractivity contribution < 1.29 is 13.7 Å². The number of carbonyl (C=O) groups excluding carboxylic acids is 1. The fourth-order valence-corrected chi connectivity index (χ4v) is 3.35. The first-order valence-corrected chi connectivity index (χ1v) is 9.50. The maximum Gasteiger partial charge on any atom is 0.289 e. The largest absolute Gasteiger partial charge is 0.454 e. The van der Waals surface area contributed by atoms with Gasteiger partial charge in [0.1, 0.15) is 5.76 Å². The number of hydrogen-bond acceptors (Lipinski definition) is 5. The third-order valence-corrected chi connectivity index (χ3v) is 5.10. The van der Waals surface area contributed by atoms with Gasteiger partial charge in [0.25, 0.3) is 5.91 Å². The van der Waals surface area contributed by atoms with E-state index in [1.54, 1.807) is 18.0 Å². The van der Waals surface area contributed by atoms with Gasteiger partial charge in [-0.2, -0.15) is 0 Å². The third-order valence-electron chi connectivity index (χ3n) is 5.10. The highest BCUT2D eigenvalue weighted by atomic mass is 16.5. The molecule has 2 aromatic heterocycles. The van der Waals surface area contributed by atoms with E-state index < -0.39 is 0 Å². The average Bonchev–Trinajstić information content (AvgIpc) is 3.31. The molecular weight excluding hydrogens is 330 g/mol. The van der Waals surface area contributed by atoms with Crippen LogP contribution in [0.25, 0.3) is 0 Å². The van der Waals surface area contributed by atoms with E-state index in [4.69, 9.17) is 8.94 Å². The van der Waals surface area contributed by atoms with Crippen LogP contribution in [-0.4, -0.2) is 41.0 Å². The van der Waals surface area contributed by atoms with E-state index >= 15 is 0 Å². The number of piperidine rings is 1. The number of hydrogen-bond donors (Lipinski definition) is 0. The molecule has 1 fully saturated rings. The van der Waals surface area contributed by atoms with Crippen molar-refractivity contribution in [2.24, 2.45) is 0 Å². The Morgan fingerprint density at radius 1 is 1.23 bits per heavy atom. The van der Waals surface area contributed by atoms with Crippen molar-refractivity contribution in [3.05, 3.63) is 41.2 Å². The molecule has 3 rings (SSSR count). The number of rotatable bonds is 6. The van der Waals surface area contributed by atoms with Crippen LogP contribution in [0.2, 0.25) is 0 Å². The van der Waals surface area contributed by atoms with E-state index in [0.717, 1.165) is 24.5 Å². The minimum Gasteiger partial charge on any atom is -0.454 e. The molecule has 0 N–H and O–H groups in total. The predicted molar refractivity (Wildman–Crippen MR) is 98.9 cm³/mol. The summed E-state index contributed by atoms with van der Waals surface area (Å²) in [4.78, 5) is 16.7. The lowest BCUT2D eigenvalue weighted by Crippen LogP contribution is -2.32. The Labute approximate surface area is 155 Å². The van der Waals surface area contributed by atoms with Crippen LogP contribution in [-0.2, 0) is 6.54 Å². The minimum absolute atomic E-state index is 0.149. The Bertz CT molecular complexity index is 728. The molecule has 0 radical (unpaired) electrons. The molecular formula is C20H29N3O3. The summed E-state index contributed by atoms with van der Waals surface area (Å²) in [7, 11) is 1.75. The molecule has 26 heavy (non-hydrogen) atoms. The summed E-state index contributed by atoms with van der Waals surface area (Å²) in [6, 6.07) is 5.80. The van der Waals surface area contributed by atoms with Gasteiger partial charge in [-0.05, 0) is 50.9 Å². The average molecular weight is 359 g/mol. The molecule has 1 saturated heterocycles. The van der Waals surface area contributed by atoms with Crippen LogP contribution in [0.5, 0.6) is 0 Å². The highest BCUT2D eigenvalue weighted by Gasteiger charge is 2.23. The van der Waals surface area contributed by atoms with Gasteiger partial charge in [0.05, 0.1) is 18.3 Å². The highest BCUT2D eigenvalue weighted by Crippen LogP contribution is 2.26. The van der Waals surface area contributed by atoms with Crippen LogP contribution < -0.4 is 0 Å². The van der Waals surface area contributed by atoms with Crippen LogP contribution in [0.1, 0.15) is 79.8 Å². The van der Waals surface area contributed by atoms with Crippen LogP contribution in [0.15, 0.2) is 27.1 Å². The molecule has 6 nitrogen and oxygen atoms in total. The smallest absolute Gasteiger partial charge is 0.289 e. The second kappa shape index (κ2) is 8.08. The summed E-state index contributed by atoms with van der Waals surface area (Å²) in [5, 5.41) is 4.04. The molecule has 6 heteroatoms. The Kier molecular flexibility index (Phi) is 5.81. The molecule has 0 aromatic carbocycles. The number of nitrogens with zero attached hydrogens (tertiary/aromatic N) is 3. The zero-order valence-corrected chi connectivity index (χ0v) is 16.2. The van der Waals surface area contributed by atoms with Gasteiger partial charge < -0.3 is 13.8 Å². The molecule has 1 amide bonds. The number of furan rings is 1. The molecule has 1 unspecified atom stereocenters. The number of likely N-dealkylation sites (tertiary alicyclic amines) is 1. The Hall–Kier alpha value is -2.08. The van der Waals surface area contributed by atoms with Crippen molar-refractivity contribution >= 4 is 5.91 Å². The van der Waals surface area contributed by atoms with Gasteiger partial charge in [0, 0.05) is 13.1 Å². The predicted octanol–water partition coefficient (Wildman–Crippen LogP) is 4.21. The first-order valence-electron chi connectivity index (χ1n) is 9.50. The van der Waals surface area contributed by atoms with E-state index in [9.17, 15) is 4.79 Å². The summed E-state index contributed by atoms with van der Waals surface area (Å²) in [5.41, 5.74) is 0.900. The van der Waals surface area contributed by atoms with Gasteiger partial charge >= 0.3 is 0 Å². The topological polar surface area (TPSA) is 62.7 Å². The van der Waals surface area contributed by atoms with E-state index in [0.29, 0.717) is 24.0 Å². The maximum absolute atomic E-state index is 12.7. The molecule has 1 aliphatic rings. The van der Waals surface area contributed by atoms with E-state index in [1.807, 2.05) is 12.1 Å². The van der Waals surface area contributed by atoms with Crippen molar-refractivity contribution in [3.8, 4) is 0 Å². The van der Waals surface area contributed by atoms with Crippen molar-refractivity contribution in [1.29, 1.82) is 0 Å². The summed E-state index contributed by atoms with van der Waals surface area (Å²) in [5.74, 6) is 2.06. The molecule has 142 valence electrons. The lowest BCUT2D eigenvalue weighted by atomic mass is 10.1. The minimum atomic E-state index is -0.149. The summed E-state index contributed by atoms with van der Waals surface area (Å²) < 4.78 is 11.2. The Balaban J connectivity index is 1.62. The second-order valence-electron chi connectivity index (χ2n) is 7.51. The number of amides is 1. The summed E-state index contributed by atoms with van der Waals surface area (Å²) in [6.45, 7) is 8.82. The lowest BCUT2D eigenvalue weighted by Gasteiger charge is -2.31. The van der Waals surface area contributed by atoms with Gasteiger partial charge in [-0.3, -0.25) is 9.69 Å². The second-order valence-corrected chi connectivity index (χ2v) is 7.51. The summed E-state index contributed by atoms with van der Waals surface area (Å²) in [6.07, 6.45) is 3.76. The third kappa shape index (κ3) is 4.18. The molecule has 3 heterocycles. The van der Waals surface area contributed by atoms with Crippen LogP contribution >= 0.6 is 0 Å². The van der Waals surface area contributed by atoms with Crippen LogP contribution in [0.4, 0.5) is 0 Å². The quantitative estimate of drug-likeness (QED) is 0.773. The van der Waals surface area contributed by atoms with Crippen molar-refractivity contribution in [3.63, 3.8) is 0 Å². The molecule has 2 aromatic rings. The molecule has 0 saturated carbocycles. The molecule has 0 aliphatic carbocycles.